The van der Waals surface area contributed by atoms with E-state index in [1.54, 1.807) is 23.7 Å². The van der Waals surface area contributed by atoms with Crippen LogP contribution < -0.4 is 5.32 Å². The Labute approximate surface area is 144 Å². The van der Waals surface area contributed by atoms with Gasteiger partial charge in [-0.05, 0) is 43.4 Å². The third-order valence-electron chi connectivity index (χ3n) is 4.54. The average molecular weight is 340 g/mol. The first-order chi connectivity index (χ1) is 11.8. The van der Waals surface area contributed by atoms with E-state index in [4.69, 9.17) is 9.97 Å². The van der Waals surface area contributed by atoms with Crippen LogP contribution in [0.5, 0.6) is 0 Å². The summed E-state index contributed by atoms with van der Waals surface area (Å²) in [5.74, 6) is 1.53. The predicted molar refractivity (Wildman–Crippen MR) is 97.5 cm³/mol. The molecule has 0 saturated carbocycles. The smallest absolute Gasteiger partial charge is 0.164 e. The average Bonchev–Trinajstić information content (AvgIpc) is 3.20. The molecule has 0 bridgehead atoms. The van der Waals surface area contributed by atoms with Crippen LogP contribution in [0.2, 0.25) is 0 Å². The van der Waals surface area contributed by atoms with Gasteiger partial charge in [-0.15, -0.1) is 11.3 Å². The summed E-state index contributed by atoms with van der Waals surface area (Å²) in [4.78, 5) is 16.2. The lowest BCUT2D eigenvalue weighted by molar-refractivity contribution is 0.271. The fraction of sp³-hybridized carbons (Fsp3) is 0.389. The number of pyridine rings is 1. The van der Waals surface area contributed by atoms with Gasteiger partial charge in [0.2, 0.25) is 0 Å². The van der Waals surface area contributed by atoms with Crippen molar-refractivity contribution in [2.45, 2.75) is 38.6 Å². The van der Waals surface area contributed by atoms with Gasteiger partial charge >= 0.3 is 0 Å². The monoisotopic (exact) mass is 340 g/mol. The van der Waals surface area contributed by atoms with Crippen LogP contribution >= 0.6 is 11.3 Å². The first-order valence-electron chi connectivity index (χ1n) is 8.40. The molecule has 5 nitrogen and oxygen atoms in total. The maximum Gasteiger partial charge on any atom is 0.164 e. The van der Waals surface area contributed by atoms with Gasteiger partial charge in [-0.2, -0.15) is 0 Å². The lowest BCUT2D eigenvalue weighted by Gasteiger charge is -2.16. The summed E-state index contributed by atoms with van der Waals surface area (Å²) in [6, 6.07) is 3.87. The molecule has 1 aliphatic carbocycles. The van der Waals surface area contributed by atoms with E-state index in [0.717, 1.165) is 40.9 Å². The first kappa shape index (κ1) is 15.5. The largest absolute Gasteiger partial charge is 0.394 e. The molecule has 0 spiro atoms. The standard InChI is InChI=1S/C18H20N4OS/c1-2-12(10-23)20-17-15-13-6-3-7-14(13)24-18(15)22-16(21-17)11-5-4-8-19-9-11/h4-5,8-9,12,23H,2-3,6-7,10H2,1H3,(H,20,21,22)/t12-/m1/s1. The number of aliphatic hydroxyl groups excluding tert-OH is 1. The molecular weight excluding hydrogens is 320 g/mol. The minimum absolute atomic E-state index is 0.00167. The summed E-state index contributed by atoms with van der Waals surface area (Å²) >= 11 is 1.78. The van der Waals surface area contributed by atoms with Crippen molar-refractivity contribution in [1.82, 2.24) is 15.0 Å². The fourth-order valence-corrected chi connectivity index (χ4v) is 4.46. The molecule has 0 aliphatic heterocycles. The fourth-order valence-electron chi connectivity index (χ4n) is 3.19. The molecule has 4 rings (SSSR count). The minimum Gasteiger partial charge on any atom is -0.394 e. The quantitative estimate of drug-likeness (QED) is 0.745. The molecule has 0 radical (unpaired) electrons. The Morgan fingerprint density at radius 1 is 1.33 bits per heavy atom. The Bertz CT molecular complexity index is 858. The van der Waals surface area contributed by atoms with Crippen LogP contribution in [0.25, 0.3) is 21.6 Å². The molecule has 0 fully saturated rings. The Kier molecular flexibility index (Phi) is 4.16. The van der Waals surface area contributed by atoms with Crippen molar-refractivity contribution in [3.63, 3.8) is 0 Å². The molecule has 3 aromatic rings. The van der Waals surface area contributed by atoms with Gasteiger partial charge in [-0.3, -0.25) is 4.98 Å². The summed E-state index contributed by atoms with van der Waals surface area (Å²) in [5, 5.41) is 14.2. The number of anilines is 1. The first-order valence-corrected chi connectivity index (χ1v) is 9.22. The molecule has 0 amide bonds. The summed E-state index contributed by atoms with van der Waals surface area (Å²) in [7, 11) is 0. The zero-order valence-electron chi connectivity index (χ0n) is 13.6. The lowest BCUT2D eigenvalue weighted by atomic mass is 10.1. The van der Waals surface area contributed by atoms with Gasteiger partial charge in [0.05, 0.1) is 18.0 Å². The number of aryl methyl sites for hydroxylation is 2. The van der Waals surface area contributed by atoms with Crippen molar-refractivity contribution < 1.29 is 5.11 Å². The number of nitrogens with zero attached hydrogens (tertiary/aromatic N) is 3. The molecule has 1 aliphatic rings. The van der Waals surface area contributed by atoms with Gasteiger partial charge in [0, 0.05) is 22.8 Å². The van der Waals surface area contributed by atoms with Crippen LogP contribution in [-0.2, 0) is 12.8 Å². The van der Waals surface area contributed by atoms with Crippen LogP contribution in [0.15, 0.2) is 24.5 Å². The molecule has 0 saturated heterocycles. The van der Waals surface area contributed by atoms with Crippen molar-refractivity contribution in [3.05, 3.63) is 35.0 Å². The SMILES string of the molecule is CC[C@H](CO)Nc1nc(-c2cccnc2)nc2sc3c(c12)CCC3. The minimum atomic E-state index is 0.00167. The van der Waals surface area contributed by atoms with Crippen LogP contribution in [0.4, 0.5) is 5.82 Å². The van der Waals surface area contributed by atoms with E-state index in [2.05, 4.69) is 17.2 Å². The highest BCUT2D eigenvalue weighted by Gasteiger charge is 2.23. The van der Waals surface area contributed by atoms with Gasteiger partial charge in [0.25, 0.3) is 0 Å². The topological polar surface area (TPSA) is 70.9 Å². The summed E-state index contributed by atoms with van der Waals surface area (Å²) in [6.07, 6.45) is 7.81. The Morgan fingerprint density at radius 2 is 2.25 bits per heavy atom. The normalized spacial score (nSPS) is 14.8. The highest BCUT2D eigenvalue weighted by molar-refractivity contribution is 7.19. The molecule has 2 N–H and O–H groups in total. The van der Waals surface area contributed by atoms with Crippen LogP contribution in [0.3, 0.4) is 0 Å². The van der Waals surface area contributed by atoms with Crippen molar-refractivity contribution in [3.8, 4) is 11.4 Å². The van der Waals surface area contributed by atoms with Crippen LogP contribution in [-0.4, -0.2) is 32.7 Å². The molecule has 24 heavy (non-hydrogen) atoms. The third kappa shape index (κ3) is 2.65. The van der Waals surface area contributed by atoms with Crippen LogP contribution in [0.1, 0.15) is 30.2 Å². The van der Waals surface area contributed by atoms with Gasteiger partial charge < -0.3 is 10.4 Å². The number of rotatable bonds is 5. The molecule has 3 heterocycles. The number of thiophene rings is 1. The van der Waals surface area contributed by atoms with Gasteiger partial charge in [-0.1, -0.05) is 6.92 Å². The van der Waals surface area contributed by atoms with E-state index >= 15 is 0 Å². The summed E-state index contributed by atoms with van der Waals surface area (Å²) in [5.41, 5.74) is 2.30. The number of aromatic nitrogens is 3. The van der Waals surface area contributed by atoms with Crippen LogP contribution in [0, 0.1) is 0 Å². The summed E-state index contributed by atoms with van der Waals surface area (Å²) in [6.45, 7) is 2.16. The maximum absolute atomic E-state index is 9.58. The van der Waals surface area contributed by atoms with Gasteiger partial charge in [0.1, 0.15) is 10.6 Å². The Morgan fingerprint density at radius 3 is 3.00 bits per heavy atom. The van der Waals surface area contributed by atoms with E-state index in [1.807, 2.05) is 12.1 Å². The van der Waals surface area contributed by atoms with Crippen molar-refractivity contribution >= 4 is 27.4 Å². The van der Waals surface area contributed by atoms with E-state index in [1.165, 1.54) is 16.9 Å². The van der Waals surface area contributed by atoms with E-state index in [0.29, 0.717) is 5.82 Å². The molecule has 6 heteroatoms. The third-order valence-corrected chi connectivity index (χ3v) is 5.72. The second kappa shape index (κ2) is 6.45. The lowest BCUT2D eigenvalue weighted by Crippen LogP contribution is -2.23. The summed E-state index contributed by atoms with van der Waals surface area (Å²) < 4.78 is 0. The molecule has 0 aromatic carbocycles. The number of aliphatic hydroxyl groups is 1. The highest BCUT2D eigenvalue weighted by Crippen LogP contribution is 2.40. The molecule has 0 unspecified atom stereocenters. The number of hydrogen-bond acceptors (Lipinski definition) is 6. The molecule has 1 atom stereocenters. The van der Waals surface area contributed by atoms with E-state index < -0.39 is 0 Å². The highest BCUT2D eigenvalue weighted by atomic mass is 32.1. The second-order valence-electron chi connectivity index (χ2n) is 6.11. The zero-order chi connectivity index (χ0) is 16.5. The Balaban J connectivity index is 1.88. The van der Waals surface area contributed by atoms with Gasteiger partial charge in [0.15, 0.2) is 5.82 Å². The van der Waals surface area contributed by atoms with Crippen molar-refractivity contribution in [2.75, 3.05) is 11.9 Å². The number of hydrogen-bond donors (Lipinski definition) is 2. The molecule has 124 valence electrons. The maximum atomic E-state index is 9.58. The van der Waals surface area contributed by atoms with E-state index in [-0.39, 0.29) is 12.6 Å². The molecular formula is C18H20N4OS. The van der Waals surface area contributed by atoms with Crippen molar-refractivity contribution in [1.29, 1.82) is 0 Å². The Hall–Kier alpha value is -2.05. The second-order valence-corrected chi connectivity index (χ2v) is 7.19. The molecule has 3 aromatic heterocycles. The predicted octanol–water partition coefficient (Wildman–Crippen LogP) is 3.42. The van der Waals surface area contributed by atoms with E-state index in [9.17, 15) is 5.11 Å². The van der Waals surface area contributed by atoms with Gasteiger partial charge in [-0.25, -0.2) is 9.97 Å². The number of fused-ring (bicyclic) bond motifs is 3. The zero-order valence-corrected chi connectivity index (χ0v) is 14.4. The van der Waals surface area contributed by atoms with Crippen molar-refractivity contribution in [2.24, 2.45) is 0 Å². The number of nitrogens with one attached hydrogen (secondary N) is 1.